The van der Waals surface area contributed by atoms with E-state index in [1.807, 2.05) is 48.5 Å². The predicted octanol–water partition coefficient (Wildman–Crippen LogP) is 4.92. The first-order chi connectivity index (χ1) is 15.4. The zero-order chi connectivity index (χ0) is 22.7. The molecule has 166 valence electrons. The number of nitrogens with one attached hydrogen (secondary N) is 2. The molecular weight excluding hydrogens is 453 g/mol. The molecule has 1 aromatic heterocycles. The summed E-state index contributed by atoms with van der Waals surface area (Å²) in [7, 11) is 0. The Bertz CT molecular complexity index is 1130. The van der Waals surface area contributed by atoms with Crippen LogP contribution in [0.4, 0.5) is 11.9 Å². The fourth-order valence-electron chi connectivity index (χ4n) is 3.74. The van der Waals surface area contributed by atoms with Gasteiger partial charge in [-0.15, -0.1) is 5.10 Å². The molecule has 2 aromatic carbocycles. The average Bonchev–Trinajstić information content (AvgIpc) is 3.16. The van der Waals surface area contributed by atoms with Crippen molar-refractivity contribution in [2.45, 2.75) is 37.8 Å². The van der Waals surface area contributed by atoms with Gasteiger partial charge in [-0.25, -0.2) is 4.68 Å². The Morgan fingerprint density at radius 1 is 1.12 bits per heavy atom. The van der Waals surface area contributed by atoms with Crippen LogP contribution in [0.15, 0.2) is 48.5 Å². The van der Waals surface area contributed by atoms with E-state index < -0.39 is 5.97 Å². The minimum atomic E-state index is -0.937. The van der Waals surface area contributed by atoms with Crippen molar-refractivity contribution in [2.24, 2.45) is 0 Å². The van der Waals surface area contributed by atoms with Crippen LogP contribution in [0.3, 0.4) is 0 Å². The second-order valence-corrected chi connectivity index (χ2v) is 8.36. The highest BCUT2D eigenvalue weighted by Crippen LogP contribution is 2.40. The summed E-state index contributed by atoms with van der Waals surface area (Å²) in [6.45, 7) is 0. The fraction of sp³-hybridized carbons (Fsp3) is 0.273. The van der Waals surface area contributed by atoms with Crippen LogP contribution in [0.25, 0.3) is 0 Å². The lowest BCUT2D eigenvalue weighted by molar-refractivity contribution is -0.137. The molecule has 3 N–H and O–H groups in total. The third-order valence-electron chi connectivity index (χ3n) is 5.27. The van der Waals surface area contributed by atoms with Crippen molar-refractivity contribution in [3.8, 4) is 0 Å². The van der Waals surface area contributed by atoms with Gasteiger partial charge >= 0.3 is 5.97 Å². The van der Waals surface area contributed by atoms with Crippen molar-refractivity contribution in [1.29, 1.82) is 0 Å². The van der Waals surface area contributed by atoms with Gasteiger partial charge in [-0.1, -0.05) is 53.5 Å². The highest BCUT2D eigenvalue weighted by atomic mass is 35.5. The maximum atomic E-state index is 12.2. The molecule has 4 rings (SSSR count). The topological polar surface area (TPSA) is 109 Å². The summed E-state index contributed by atoms with van der Waals surface area (Å²) in [5, 5.41) is 20.5. The van der Waals surface area contributed by atoms with Gasteiger partial charge in [0.15, 0.2) is 0 Å². The van der Waals surface area contributed by atoms with Crippen LogP contribution < -0.4 is 10.6 Å². The number of hydrogen-bond donors (Lipinski definition) is 3. The lowest BCUT2D eigenvalue weighted by Crippen LogP contribution is -2.28. The molecule has 1 amide bonds. The summed E-state index contributed by atoms with van der Waals surface area (Å²) in [6.07, 6.45) is 0.909. The lowest BCUT2D eigenvalue weighted by Gasteiger charge is -2.32. The molecule has 0 saturated heterocycles. The molecule has 3 aromatic rings. The predicted molar refractivity (Wildman–Crippen MR) is 122 cm³/mol. The van der Waals surface area contributed by atoms with E-state index in [-0.39, 0.29) is 43.2 Å². The number of halogens is 2. The third-order valence-corrected chi connectivity index (χ3v) is 5.87. The summed E-state index contributed by atoms with van der Waals surface area (Å²) < 4.78 is 1.72. The van der Waals surface area contributed by atoms with Crippen molar-refractivity contribution < 1.29 is 14.7 Å². The molecule has 32 heavy (non-hydrogen) atoms. The Balaban J connectivity index is 1.61. The number of hydrogen-bond acceptors (Lipinski definition) is 5. The Labute approximate surface area is 194 Å². The van der Waals surface area contributed by atoms with Crippen LogP contribution in [0.1, 0.15) is 48.9 Å². The Morgan fingerprint density at radius 3 is 2.59 bits per heavy atom. The maximum Gasteiger partial charge on any atom is 0.303 e. The Kier molecular flexibility index (Phi) is 6.62. The minimum Gasteiger partial charge on any atom is -0.481 e. The summed E-state index contributed by atoms with van der Waals surface area (Å²) in [5.74, 6) is -0.616. The van der Waals surface area contributed by atoms with E-state index in [0.29, 0.717) is 22.4 Å². The molecule has 10 heteroatoms. The first kappa shape index (κ1) is 22.1. The number of amides is 1. The lowest BCUT2D eigenvalue weighted by atomic mass is 9.93. The van der Waals surface area contributed by atoms with E-state index in [1.54, 1.807) is 4.68 Å². The highest BCUT2D eigenvalue weighted by Gasteiger charge is 2.32. The third kappa shape index (κ3) is 5.03. The molecule has 8 nitrogen and oxygen atoms in total. The van der Waals surface area contributed by atoms with Gasteiger partial charge in [0.1, 0.15) is 0 Å². The molecule has 2 atom stereocenters. The second-order valence-electron chi connectivity index (χ2n) is 7.52. The fourth-order valence-corrected chi connectivity index (χ4v) is 4.12. The first-order valence-electron chi connectivity index (χ1n) is 10.2. The molecule has 0 bridgehead atoms. The number of nitrogens with zero attached hydrogens (tertiary/aromatic N) is 3. The number of rotatable bonds is 7. The summed E-state index contributed by atoms with van der Waals surface area (Å²) in [5.41, 5.74) is 1.94. The molecule has 0 saturated carbocycles. The minimum absolute atomic E-state index is 0.0654. The van der Waals surface area contributed by atoms with Crippen LogP contribution in [-0.2, 0) is 9.59 Å². The molecule has 2 heterocycles. The van der Waals surface area contributed by atoms with Gasteiger partial charge in [-0.2, -0.15) is 4.98 Å². The summed E-state index contributed by atoms with van der Waals surface area (Å²) >= 11 is 12.5. The van der Waals surface area contributed by atoms with Gasteiger partial charge < -0.3 is 10.4 Å². The number of fused-ring (bicyclic) bond motifs is 1. The summed E-state index contributed by atoms with van der Waals surface area (Å²) in [4.78, 5) is 27.3. The number of anilines is 2. The van der Waals surface area contributed by atoms with Crippen LogP contribution in [0.5, 0.6) is 0 Å². The van der Waals surface area contributed by atoms with E-state index in [1.165, 1.54) is 0 Å². The molecule has 0 aliphatic carbocycles. The smallest absolute Gasteiger partial charge is 0.303 e. The number of carboxylic acid groups (broad SMARTS) is 1. The number of benzene rings is 2. The first-order valence-corrected chi connectivity index (χ1v) is 10.9. The summed E-state index contributed by atoms with van der Waals surface area (Å²) in [6, 6.07) is 14.9. The van der Waals surface area contributed by atoms with Gasteiger partial charge in [0, 0.05) is 22.9 Å². The maximum absolute atomic E-state index is 12.2. The van der Waals surface area contributed by atoms with Crippen LogP contribution in [-0.4, -0.2) is 31.7 Å². The van der Waals surface area contributed by atoms with E-state index in [4.69, 9.17) is 28.3 Å². The SMILES string of the molecule is O=C(O)CCCC(=O)Nc1nc2n(n1)[C@@H](c1ccccc1Cl)C[C@@H](c1ccc(Cl)cc1)N2. The normalized spacial score (nSPS) is 17.3. The molecule has 1 aliphatic rings. The zero-order valence-corrected chi connectivity index (χ0v) is 18.5. The van der Waals surface area contributed by atoms with Crippen molar-refractivity contribution in [2.75, 3.05) is 10.6 Å². The quantitative estimate of drug-likeness (QED) is 0.448. The van der Waals surface area contributed by atoms with Crippen molar-refractivity contribution in [3.05, 3.63) is 69.7 Å². The van der Waals surface area contributed by atoms with Gasteiger partial charge in [0.2, 0.25) is 11.9 Å². The van der Waals surface area contributed by atoms with E-state index in [0.717, 1.165) is 11.1 Å². The number of carbonyl (C=O) groups excluding carboxylic acids is 1. The van der Waals surface area contributed by atoms with Crippen molar-refractivity contribution in [1.82, 2.24) is 14.8 Å². The standard InChI is InChI=1S/C22H21Cl2N5O3/c23-14-10-8-13(9-11-14)17-12-18(15-4-1-2-5-16(15)24)29-22(25-17)27-21(28-29)26-19(30)6-3-7-20(31)32/h1-2,4-5,8-11,17-18H,3,6-7,12H2,(H,31,32)(H2,25,26,27,28,30)/t17-,18+/m0/s1. The van der Waals surface area contributed by atoms with E-state index in [2.05, 4.69) is 20.7 Å². The van der Waals surface area contributed by atoms with Crippen molar-refractivity contribution in [3.63, 3.8) is 0 Å². The van der Waals surface area contributed by atoms with Gasteiger partial charge in [-0.05, 0) is 42.2 Å². The number of aromatic nitrogens is 3. The Hall–Kier alpha value is -3.10. The number of carbonyl (C=O) groups is 2. The van der Waals surface area contributed by atoms with Crippen LogP contribution in [0.2, 0.25) is 10.0 Å². The number of carboxylic acids is 1. The highest BCUT2D eigenvalue weighted by molar-refractivity contribution is 6.31. The van der Waals surface area contributed by atoms with Crippen LogP contribution >= 0.6 is 23.2 Å². The molecular formula is C22H21Cl2N5O3. The van der Waals surface area contributed by atoms with Gasteiger partial charge in [0.05, 0.1) is 12.1 Å². The second kappa shape index (κ2) is 9.58. The molecule has 1 aliphatic heterocycles. The molecule has 0 radical (unpaired) electrons. The monoisotopic (exact) mass is 473 g/mol. The molecule has 0 spiro atoms. The van der Waals surface area contributed by atoms with Gasteiger partial charge in [-0.3, -0.25) is 14.9 Å². The largest absolute Gasteiger partial charge is 0.481 e. The molecule has 0 fully saturated rings. The number of aliphatic carboxylic acids is 1. The van der Waals surface area contributed by atoms with E-state index in [9.17, 15) is 9.59 Å². The van der Waals surface area contributed by atoms with E-state index >= 15 is 0 Å². The van der Waals surface area contributed by atoms with Crippen LogP contribution in [0, 0.1) is 0 Å². The van der Waals surface area contributed by atoms with Gasteiger partial charge in [0.25, 0.3) is 5.95 Å². The Morgan fingerprint density at radius 2 is 1.88 bits per heavy atom. The van der Waals surface area contributed by atoms with Crippen molar-refractivity contribution >= 4 is 47.0 Å². The zero-order valence-electron chi connectivity index (χ0n) is 17.0. The molecule has 0 unspecified atom stereocenters. The average molecular weight is 474 g/mol.